The fourth-order valence-corrected chi connectivity index (χ4v) is 2.51. The maximum atomic E-state index is 12.0. The molecule has 0 radical (unpaired) electrons. The third-order valence-electron chi connectivity index (χ3n) is 2.86. The Kier molecular flexibility index (Phi) is 5.05. The average Bonchev–Trinajstić information content (AvgIpc) is 2.98. The minimum atomic E-state index is -0.958. The standard InChI is InChI=1S/C15H15NO4S/c1-16(9-12-3-2-8-20-12)14(17)10-21-13-6-4-11(5-7-13)15(18)19/h2-8H,9-10H2,1H3,(H,18,19). The van der Waals surface area contributed by atoms with E-state index in [0.29, 0.717) is 12.3 Å². The lowest BCUT2D eigenvalue weighted by molar-refractivity contribution is -0.127. The Morgan fingerprint density at radius 2 is 1.95 bits per heavy atom. The molecule has 0 bridgehead atoms. The van der Waals surface area contributed by atoms with Crippen molar-refractivity contribution in [1.82, 2.24) is 4.90 Å². The van der Waals surface area contributed by atoms with Crippen molar-refractivity contribution in [2.24, 2.45) is 0 Å². The molecule has 5 nitrogen and oxygen atoms in total. The molecule has 1 heterocycles. The fraction of sp³-hybridized carbons (Fsp3) is 0.200. The van der Waals surface area contributed by atoms with Crippen molar-refractivity contribution in [3.05, 3.63) is 54.0 Å². The van der Waals surface area contributed by atoms with E-state index in [4.69, 9.17) is 9.52 Å². The highest BCUT2D eigenvalue weighted by Crippen LogP contribution is 2.19. The first kappa shape index (κ1) is 15.2. The van der Waals surface area contributed by atoms with Gasteiger partial charge in [0.15, 0.2) is 0 Å². The molecule has 1 aromatic carbocycles. The molecule has 0 unspecified atom stereocenters. The van der Waals surface area contributed by atoms with Crippen molar-refractivity contribution in [3.8, 4) is 0 Å². The van der Waals surface area contributed by atoms with E-state index in [1.165, 1.54) is 23.9 Å². The summed E-state index contributed by atoms with van der Waals surface area (Å²) in [6.45, 7) is 0.435. The number of hydrogen-bond donors (Lipinski definition) is 1. The zero-order valence-corrected chi connectivity index (χ0v) is 12.3. The number of nitrogens with zero attached hydrogens (tertiary/aromatic N) is 1. The summed E-state index contributed by atoms with van der Waals surface area (Å²) in [4.78, 5) is 25.2. The molecular weight excluding hydrogens is 290 g/mol. The highest BCUT2D eigenvalue weighted by atomic mass is 32.2. The van der Waals surface area contributed by atoms with Gasteiger partial charge in [-0.15, -0.1) is 11.8 Å². The lowest BCUT2D eigenvalue weighted by Gasteiger charge is -2.15. The number of thioether (sulfide) groups is 1. The van der Waals surface area contributed by atoms with Crippen LogP contribution >= 0.6 is 11.8 Å². The van der Waals surface area contributed by atoms with E-state index in [1.807, 2.05) is 6.07 Å². The Morgan fingerprint density at radius 1 is 1.24 bits per heavy atom. The van der Waals surface area contributed by atoms with Crippen LogP contribution in [0.5, 0.6) is 0 Å². The number of carboxylic acid groups (broad SMARTS) is 1. The van der Waals surface area contributed by atoms with Gasteiger partial charge in [-0.25, -0.2) is 4.79 Å². The van der Waals surface area contributed by atoms with Gasteiger partial charge in [0.2, 0.25) is 5.91 Å². The first-order chi connectivity index (χ1) is 10.1. The zero-order chi connectivity index (χ0) is 15.2. The van der Waals surface area contributed by atoms with Gasteiger partial charge in [0.25, 0.3) is 0 Å². The van der Waals surface area contributed by atoms with E-state index in [1.54, 1.807) is 36.4 Å². The first-order valence-electron chi connectivity index (χ1n) is 6.29. The number of aromatic carboxylic acids is 1. The number of carbonyl (C=O) groups is 2. The van der Waals surface area contributed by atoms with Gasteiger partial charge in [0.05, 0.1) is 24.1 Å². The second kappa shape index (κ2) is 6.99. The number of amides is 1. The molecule has 6 heteroatoms. The SMILES string of the molecule is CN(Cc1ccco1)C(=O)CSc1ccc(C(=O)O)cc1. The largest absolute Gasteiger partial charge is 0.478 e. The Morgan fingerprint density at radius 3 is 2.52 bits per heavy atom. The van der Waals surface area contributed by atoms with E-state index >= 15 is 0 Å². The second-order valence-corrected chi connectivity index (χ2v) is 5.50. The van der Waals surface area contributed by atoms with Crippen molar-refractivity contribution in [2.75, 3.05) is 12.8 Å². The minimum Gasteiger partial charge on any atom is -0.478 e. The van der Waals surface area contributed by atoms with E-state index < -0.39 is 5.97 Å². The maximum absolute atomic E-state index is 12.0. The summed E-state index contributed by atoms with van der Waals surface area (Å²) in [5.41, 5.74) is 0.237. The molecule has 2 rings (SSSR count). The summed E-state index contributed by atoms with van der Waals surface area (Å²) in [6.07, 6.45) is 1.58. The third-order valence-corrected chi connectivity index (χ3v) is 3.86. The van der Waals surface area contributed by atoms with E-state index in [2.05, 4.69) is 0 Å². The molecule has 0 saturated heterocycles. The van der Waals surface area contributed by atoms with Gasteiger partial charge in [-0.1, -0.05) is 0 Å². The van der Waals surface area contributed by atoms with Crippen molar-refractivity contribution in [2.45, 2.75) is 11.4 Å². The molecule has 0 spiro atoms. The van der Waals surface area contributed by atoms with E-state index in [-0.39, 0.29) is 11.5 Å². The highest BCUT2D eigenvalue weighted by molar-refractivity contribution is 8.00. The Balaban J connectivity index is 1.84. The fourth-order valence-electron chi connectivity index (χ4n) is 1.67. The molecule has 1 amide bonds. The molecular formula is C15H15NO4S. The third kappa shape index (κ3) is 4.39. The number of carbonyl (C=O) groups excluding carboxylic acids is 1. The van der Waals surface area contributed by atoms with Gasteiger partial charge >= 0.3 is 5.97 Å². The van der Waals surface area contributed by atoms with Crippen LogP contribution in [0.4, 0.5) is 0 Å². The van der Waals surface area contributed by atoms with Crippen molar-refractivity contribution >= 4 is 23.6 Å². The topological polar surface area (TPSA) is 70.8 Å². The van der Waals surface area contributed by atoms with Gasteiger partial charge in [-0.3, -0.25) is 4.79 Å². The summed E-state index contributed by atoms with van der Waals surface area (Å²) >= 11 is 1.38. The van der Waals surface area contributed by atoms with Crippen LogP contribution in [0.3, 0.4) is 0 Å². The number of carboxylic acids is 1. The van der Waals surface area contributed by atoms with Crippen molar-refractivity contribution in [3.63, 3.8) is 0 Å². The quantitative estimate of drug-likeness (QED) is 0.831. The van der Waals surface area contributed by atoms with Crippen LogP contribution in [0.25, 0.3) is 0 Å². The molecule has 0 aliphatic carbocycles. The van der Waals surface area contributed by atoms with Crippen LogP contribution in [-0.2, 0) is 11.3 Å². The lowest BCUT2D eigenvalue weighted by Crippen LogP contribution is -2.27. The zero-order valence-electron chi connectivity index (χ0n) is 11.5. The van der Waals surface area contributed by atoms with E-state index in [9.17, 15) is 9.59 Å². The molecule has 1 N–H and O–H groups in total. The van der Waals surface area contributed by atoms with Gasteiger partial charge in [0, 0.05) is 11.9 Å². The number of benzene rings is 1. The highest BCUT2D eigenvalue weighted by Gasteiger charge is 2.11. The molecule has 0 aliphatic heterocycles. The predicted octanol–water partition coefficient (Wildman–Crippen LogP) is 2.73. The predicted molar refractivity (Wildman–Crippen MR) is 79.3 cm³/mol. The van der Waals surface area contributed by atoms with Crippen molar-refractivity contribution in [1.29, 1.82) is 0 Å². The summed E-state index contributed by atoms with van der Waals surface area (Å²) in [5, 5.41) is 8.81. The van der Waals surface area contributed by atoms with Gasteiger partial charge in [-0.2, -0.15) is 0 Å². The smallest absolute Gasteiger partial charge is 0.335 e. The summed E-state index contributed by atoms with van der Waals surface area (Å²) in [5.74, 6) is 0.0602. The molecule has 0 fully saturated rings. The second-order valence-electron chi connectivity index (χ2n) is 4.45. The van der Waals surface area contributed by atoms with Crippen molar-refractivity contribution < 1.29 is 19.1 Å². The van der Waals surface area contributed by atoms with Crippen LogP contribution < -0.4 is 0 Å². The molecule has 0 saturated carbocycles. The van der Waals surface area contributed by atoms with Gasteiger partial charge < -0.3 is 14.4 Å². The number of furan rings is 1. The molecule has 0 atom stereocenters. The molecule has 0 aliphatic rings. The Hall–Kier alpha value is -2.21. The maximum Gasteiger partial charge on any atom is 0.335 e. The summed E-state index contributed by atoms with van der Waals surface area (Å²) < 4.78 is 5.20. The van der Waals surface area contributed by atoms with Crippen LogP contribution in [0.15, 0.2) is 52.0 Å². The van der Waals surface area contributed by atoms with Crippen LogP contribution in [-0.4, -0.2) is 34.7 Å². The van der Waals surface area contributed by atoms with Gasteiger partial charge in [-0.05, 0) is 36.4 Å². The monoisotopic (exact) mass is 305 g/mol. The summed E-state index contributed by atoms with van der Waals surface area (Å²) in [6, 6.07) is 10.1. The normalized spacial score (nSPS) is 10.3. The van der Waals surface area contributed by atoms with Crippen LogP contribution in [0.2, 0.25) is 0 Å². The lowest BCUT2D eigenvalue weighted by atomic mass is 10.2. The molecule has 2 aromatic rings. The first-order valence-corrected chi connectivity index (χ1v) is 7.27. The van der Waals surface area contributed by atoms with Crippen LogP contribution in [0, 0.1) is 0 Å². The molecule has 1 aromatic heterocycles. The Labute approximate surface area is 126 Å². The van der Waals surface area contributed by atoms with Crippen LogP contribution in [0.1, 0.15) is 16.1 Å². The summed E-state index contributed by atoms with van der Waals surface area (Å²) in [7, 11) is 1.72. The van der Waals surface area contributed by atoms with E-state index in [0.717, 1.165) is 10.7 Å². The number of rotatable bonds is 6. The minimum absolute atomic E-state index is 0.0151. The Bertz CT molecular complexity index is 607. The molecule has 110 valence electrons. The number of hydrogen-bond acceptors (Lipinski definition) is 4. The van der Waals surface area contributed by atoms with Gasteiger partial charge in [0.1, 0.15) is 5.76 Å². The average molecular weight is 305 g/mol. The molecule has 21 heavy (non-hydrogen) atoms.